The molecule has 8 rings (SSSR count). The van der Waals surface area contributed by atoms with Gasteiger partial charge in [-0.15, -0.1) is 0 Å². The van der Waals surface area contributed by atoms with E-state index in [2.05, 4.69) is 30.8 Å². The van der Waals surface area contributed by atoms with Crippen LogP contribution in [0.5, 0.6) is 0 Å². The lowest BCUT2D eigenvalue weighted by molar-refractivity contribution is 0.0747. The maximum absolute atomic E-state index is 12.1. The first-order valence-electron chi connectivity index (χ1n) is 13.8. The molecule has 1 atom stereocenters. The number of piperidine rings is 3. The normalized spacial score (nSPS) is 20.8. The Hall–Kier alpha value is -4.55. The lowest BCUT2D eigenvalue weighted by atomic mass is 9.71. The Balaban J connectivity index is 1.24. The summed E-state index contributed by atoms with van der Waals surface area (Å²) >= 11 is 0. The molecule has 5 aromatic rings. The zero-order valence-corrected chi connectivity index (χ0v) is 22.7. The van der Waals surface area contributed by atoms with Crippen LogP contribution in [0.3, 0.4) is 0 Å². The fourth-order valence-electron chi connectivity index (χ4n) is 5.98. The van der Waals surface area contributed by atoms with Crippen molar-refractivity contribution in [1.82, 2.24) is 34.8 Å². The Bertz CT molecular complexity index is 1740. The molecule has 0 radical (unpaired) electrons. The Morgan fingerprint density at radius 2 is 1.88 bits per heavy atom. The summed E-state index contributed by atoms with van der Waals surface area (Å²) < 4.78 is 7.49. The Labute approximate surface area is 235 Å². The third-order valence-corrected chi connectivity index (χ3v) is 8.46. The van der Waals surface area contributed by atoms with Crippen LogP contribution in [0.25, 0.3) is 22.4 Å². The highest BCUT2D eigenvalue weighted by Gasteiger charge is 2.44. The number of H-pyrrole nitrogens is 1. The van der Waals surface area contributed by atoms with Crippen LogP contribution >= 0.6 is 0 Å². The lowest BCUT2D eigenvalue weighted by Crippen LogP contribution is -2.51. The van der Waals surface area contributed by atoms with E-state index >= 15 is 0 Å². The third-order valence-electron chi connectivity index (χ3n) is 8.46. The summed E-state index contributed by atoms with van der Waals surface area (Å²) in [5.74, 6) is 1.86. The summed E-state index contributed by atoms with van der Waals surface area (Å²) in [6, 6.07) is 14.7. The molecule has 6 heterocycles. The first-order valence-corrected chi connectivity index (χ1v) is 13.8. The van der Waals surface area contributed by atoms with E-state index in [0.29, 0.717) is 28.6 Å². The molecule has 2 bridgehead atoms. The predicted molar refractivity (Wildman–Crippen MR) is 154 cm³/mol. The SMILES string of the molecule is Cn1[nH]c(=O)c2ccc(Nc3ncc(-c4nc(C56CCN(CC5)CC6)no4)c(NC(CO)c4ccccc4)n3)cc21. The molecule has 210 valence electrons. The van der Waals surface area contributed by atoms with Crippen LogP contribution in [-0.4, -0.2) is 66.1 Å². The smallest absolute Gasteiger partial charge is 0.271 e. The number of aliphatic hydroxyl groups is 1. The molecule has 2 aromatic carbocycles. The summed E-state index contributed by atoms with van der Waals surface area (Å²) in [6.07, 6.45) is 4.72. The van der Waals surface area contributed by atoms with Gasteiger partial charge < -0.3 is 25.2 Å². The number of fused-ring (bicyclic) bond motifs is 4. The highest BCUT2D eigenvalue weighted by Crippen LogP contribution is 2.42. The number of anilines is 3. The van der Waals surface area contributed by atoms with Gasteiger partial charge in [-0.05, 0) is 62.7 Å². The summed E-state index contributed by atoms with van der Waals surface area (Å²) in [6.45, 7) is 3.01. The highest BCUT2D eigenvalue weighted by molar-refractivity contribution is 5.83. The number of nitrogens with zero attached hydrogens (tertiary/aromatic N) is 6. The van der Waals surface area contributed by atoms with Gasteiger partial charge in [-0.3, -0.25) is 14.6 Å². The molecule has 3 aromatic heterocycles. The summed E-state index contributed by atoms with van der Waals surface area (Å²) in [5.41, 5.74) is 2.74. The molecule has 3 aliphatic heterocycles. The van der Waals surface area contributed by atoms with Gasteiger partial charge in [0.05, 0.1) is 23.6 Å². The van der Waals surface area contributed by atoms with Crippen molar-refractivity contribution in [3.05, 3.63) is 76.5 Å². The number of hydrogen-bond acceptors (Lipinski definition) is 10. The second-order valence-electron chi connectivity index (χ2n) is 10.9. The van der Waals surface area contributed by atoms with Gasteiger partial charge in [0.2, 0.25) is 5.95 Å². The second-order valence-corrected chi connectivity index (χ2v) is 10.9. The molecule has 3 saturated heterocycles. The van der Waals surface area contributed by atoms with Crippen molar-refractivity contribution in [2.45, 2.75) is 30.7 Å². The van der Waals surface area contributed by atoms with E-state index in [9.17, 15) is 9.90 Å². The monoisotopic (exact) mass is 553 g/mol. The van der Waals surface area contributed by atoms with E-state index < -0.39 is 6.04 Å². The largest absolute Gasteiger partial charge is 0.394 e. The lowest BCUT2D eigenvalue weighted by Gasteiger charge is -2.46. The van der Waals surface area contributed by atoms with Gasteiger partial charge in [0, 0.05) is 24.3 Å². The number of aliphatic hydroxyl groups excluding tert-OH is 1. The van der Waals surface area contributed by atoms with E-state index in [1.807, 2.05) is 42.5 Å². The maximum atomic E-state index is 12.1. The minimum atomic E-state index is -0.424. The molecular formula is C29H31N9O3. The molecule has 0 spiro atoms. The van der Waals surface area contributed by atoms with Gasteiger partial charge >= 0.3 is 0 Å². The number of rotatable bonds is 8. The second kappa shape index (κ2) is 10.1. The number of aromatic amines is 1. The van der Waals surface area contributed by atoms with Crippen molar-refractivity contribution in [3.63, 3.8) is 0 Å². The Kier molecular flexibility index (Phi) is 6.28. The topological polar surface area (TPSA) is 150 Å². The van der Waals surface area contributed by atoms with E-state index in [1.54, 1.807) is 24.0 Å². The van der Waals surface area contributed by atoms with Crippen LogP contribution in [-0.2, 0) is 12.5 Å². The number of benzene rings is 2. The van der Waals surface area contributed by atoms with Crippen LogP contribution in [0.1, 0.15) is 36.7 Å². The van der Waals surface area contributed by atoms with Crippen molar-refractivity contribution in [1.29, 1.82) is 0 Å². The summed E-state index contributed by atoms with van der Waals surface area (Å²) in [7, 11) is 1.79. The quantitative estimate of drug-likeness (QED) is 0.225. The van der Waals surface area contributed by atoms with Gasteiger partial charge in [0.1, 0.15) is 11.4 Å². The van der Waals surface area contributed by atoms with Crippen molar-refractivity contribution in [2.24, 2.45) is 7.05 Å². The van der Waals surface area contributed by atoms with Gasteiger partial charge in [0.15, 0.2) is 5.82 Å². The van der Waals surface area contributed by atoms with Crippen LogP contribution in [0, 0.1) is 0 Å². The highest BCUT2D eigenvalue weighted by atomic mass is 16.5. The molecule has 3 fully saturated rings. The minimum absolute atomic E-state index is 0.0545. The maximum Gasteiger partial charge on any atom is 0.271 e. The zero-order chi connectivity index (χ0) is 28.0. The summed E-state index contributed by atoms with van der Waals surface area (Å²) in [4.78, 5) is 28.8. The fourth-order valence-corrected chi connectivity index (χ4v) is 5.98. The van der Waals surface area contributed by atoms with Crippen LogP contribution in [0.15, 0.2) is 64.0 Å². The molecule has 3 aliphatic rings. The number of hydrogen-bond donors (Lipinski definition) is 4. The number of aryl methyl sites for hydroxylation is 1. The molecule has 0 saturated carbocycles. The van der Waals surface area contributed by atoms with E-state index in [-0.39, 0.29) is 17.6 Å². The van der Waals surface area contributed by atoms with E-state index in [0.717, 1.165) is 61.5 Å². The van der Waals surface area contributed by atoms with Crippen molar-refractivity contribution < 1.29 is 9.63 Å². The number of nitrogens with one attached hydrogen (secondary N) is 3. The average molecular weight is 554 g/mol. The Morgan fingerprint density at radius 3 is 2.63 bits per heavy atom. The number of aromatic nitrogens is 6. The Morgan fingerprint density at radius 1 is 1.10 bits per heavy atom. The average Bonchev–Trinajstić information content (AvgIpc) is 3.62. The molecule has 0 aliphatic carbocycles. The minimum Gasteiger partial charge on any atom is -0.394 e. The standard InChI is InChI=1S/C29H31N9O3/c1-37-23-15-19(7-8-20(23)25(40)35-37)31-28-30-16-21(24(33-28)32-22(17-39)18-5-3-2-4-6-18)26-34-27(36-41-26)29-9-12-38(13-10-29)14-11-29/h2-8,15-16,22,39H,9-14,17H2,1H3,(H,35,40)(H2,30,31,32,33). The van der Waals surface area contributed by atoms with Gasteiger partial charge in [-0.1, -0.05) is 35.5 Å². The van der Waals surface area contributed by atoms with Gasteiger partial charge in [0.25, 0.3) is 11.4 Å². The van der Waals surface area contributed by atoms with Crippen LogP contribution in [0.4, 0.5) is 17.5 Å². The first kappa shape index (κ1) is 25.4. The van der Waals surface area contributed by atoms with Crippen molar-refractivity contribution >= 4 is 28.4 Å². The zero-order valence-electron chi connectivity index (χ0n) is 22.7. The fraction of sp³-hybridized carbons (Fsp3) is 0.345. The molecule has 1 unspecified atom stereocenters. The first-order chi connectivity index (χ1) is 20.0. The van der Waals surface area contributed by atoms with Gasteiger partial charge in [-0.25, -0.2) is 4.98 Å². The van der Waals surface area contributed by atoms with Crippen LogP contribution < -0.4 is 16.2 Å². The molecule has 12 heteroatoms. The van der Waals surface area contributed by atoms with E-state index in [1.165, 1.54) is 0 Å². The molecular weight excluding hydrogens is 522 g/mol. The van der Waals surface area contributed by atoms with Crippen molar-refractivity contribution in [3.8, 4) is 11.5 Å². The molecule has 12 nitrogen and oxygen atoms in total. The predicted octanol–water partition coefficient (Wildman–Crippen LogP) is 3.33. The van der Waals surface area contributed by atoms with Crippen LogP contribution in [0.2, 0.25) is 0 Å². The third kappa shape index (κ3) is 4.64. The van der Waals surface area contributed by atoms with Gasteiger partial charge in [-0.2, -0.15) is 9.97 Å². The summed E-state index contributed by atoms with van der Waals surface area (Å²) in [5, 5.41) is 24.7. The van der Waals surface area contributed by atoms with E-state index in [4.69, 9.17) is 14.5 Å². The molecule has 0 amide bonds. The van der Waals surface area contributed by atoms with Crippen molar-refractivity contribution in [2.75, 3.05) is 36.9 Å². The molecule has 41 heavy (non-hydrogen) atoms. The molecule has 4 N–H and O–H groups in total.